The SMILES string of the molecule is COc1cccc(C(=O)N2CC(C(C)C(=O)O)C2)c1. The van der Waals surface area contributed by atoms with E-state index in [0.717, 1.165) is 0 Å². The summed E-state index contributed by atoms with van der Waals surface area (Å²) in [4.78, 5) is 24.7. The minimum Gasteiger partial charge on any atom is -0.497 e. The van der Waals surface area contributed by atoms with Gasteiger partial charge in [-0.2, -0.15) is 0 Å². The summed E-state index contributed by atoms with van der Waals surface area (Å²) >= 11 is 0. The quantitative estimate of drug-likeness (QED) is 0.893. The van der Waals surface area contributed by atoms with Crippen LogP contribution in [0.5, 0.6) is 5.75 Å². The molecule has 2 rings (SSSR count). The van der Waals surface area contributed by atoms with E-state index in [1.54, 1.807) is 43.2 Å². The lowest BCUT2D eigenvalue weighted by Crippen LogP contribution is -2.53. The summed E-state index contributed by atoms with van der Waals surface area (Å²) in [5.74, 6) is -0.602. The molecule has 0 bridgehead atoms. The maximum Gasteiger partial charge on any atom is 0.306 e. The minimum atomic E-state index is -0.807. The van der Waals surface area contributed by atoms with Crippen molar-refractivity contribution in [1.29, 1.82) is 0 Å². The fraction of sp³-hybridized carbons (Fsp3) is 0.429. The van der Waals surface area contributed by atoms with Gasteiger partial charge in [0.1, 0.15) is 5.75 Å². The average Bonchev–Trinajstić information content (AvgIpc) is 2.36. The number of nitrogens with zero attached hydrogens (tertiary/aromatic N) is 1. The number of carboxylic acids is 1. The maximum atomic E-state index is 12.2. The van der Waals surface area contributed by atoms with Gasteiger partial charge in [-0.25, -0.2) is 0 Å². The molecule has 0 spiro atoms. The smallest absolute Gasteiger partial charge is 0.306 e. The number of carboxylic acid groups (broad SMARTS) is 1. The highest BCUT2D eigenvalue weighted by Crippen LogP contribution is 2.26. The molecular weight excluding hydrogens is 246 g/mol. The van der Waals surface area contributed by atoms with E-state index >= 15 is 0 Å². The van der Waals surface area contributed by atoms with E-state index in [2.05, 4.69) is 0 Å². The highest BCUT2D eigenvalue weighted by molar-refractivity contribution is 5.95. The van der Waals surface area contributed by atoms with Crippen molar-refractivity contribution in [3.05, 3.63) is 29.8 Å². The number of carbonyl (C=O) groups is 2. The van der Waals surface area contributed by atoms with Crippen molar-refractivity contribution in [3.8, 4) is 5.75 Å². The Bertz CT molecular complexity index is 494. The molecule has 1 aromatic carbocycles. The molecule has 1 heterocycles. The number of ether oxygens (including phenoxy) is 1. The second-order valence-electron chi connectivity index (χ2n) is 4.83. The Morgan fingerprint density at radius 3 is 2.68 bits per heavy atom. The van der Waals surface area contributed by atoms with E-state index in [4.69, 9.17) is 9.84 Å². The van der Waals surface area contributed by atoms with Crippen LogP contribution in [0, 0.1) is 11.8 Å². The number of likely N-dealkylation sites (tertiary alicyclic amines) is 1. The number of carbonyl (C=O) groups excluding carboxylic acids is 1. The fourth-order valence-electron chi connectivity index (χ4n) is 2.14. The minimum absolute atomic E-state index is 0.0482. The van der Waals surface area contributed by atoms with E-state index in [-0.39, 0.29) is 11.8 Å². The molecule has 1 saturated heterocycles. The molecule has 1 aliphatic heterocycles. The molecule has 1 aliphatic rings. The summed E-state index contributed by atoms with van der Waals surface area (Å²) in [6, 6.07) is 6.97. The van der Waals surface area contributed by atoms with Gasteiger partial charge in [0.15, 0.2) is 0 Å². The van der Waals surface area contributed by atoms with Gasteiger partial charge in [0.25, 0.3) is 5.91 Å². The van der Waals surface area contributed by atoms with E-state index in [1.807, 2.05) is 0 Å². The van der Waals surface area contributed by atoms with Crippen molar-refractivity contribution in [2.24, 2.45) is 11.8 Å². The van der Waals surface area contributed by atoms with Crippen LogP contribution in [-0.4, -0.2) is 42.1 Å². The normalized spacial score (nSPS) is 16.6. The molecule has 1 fully saturated rings. The zero-order chi connectivity index (χ0) is 14.0. The van der Waals surface area contributed by atoms with Gasteiger partial charge in [-0.05, 0) is 18.2 Å². The summed E-state index contributed by atoms with van der Waals surface area (Å²) < 4.78 is 5.08. The summed E-state index contributed by atoms with van der Waals surface area (Å²) in [6.07, 6.45) is 0. The molecule has 1 atom stereocenters. The zero-order valence-electron chi connectivity index (χ0n) is 11.0. The first-order chi connectivity index (χ1) is 9.02. The number of methoxy groups -OCH3 is 1. The second-order valence-corrected chi connectivity index (χ2v) is 4.83. The van der Waals surface area contributed by atoms with Gasteiger partial charge in [0.05, 0.1) is 13.0 Å². The first-order valence-electron chi connectivity index (χ1n) is 6.19. The van der Waals surface area contributed by atoms with Crippen molar-refractivity contribution in [2.45, 2.75) is 6.92 Å². The van der Waals surface area contributed by atoms with Crippen LogP contribution < -0.4 is 4.74 Å². The molecule has 5 heteroatoms. The van der Waals surface area contributed by atoms with Gasteiger partial charge in [0.2, 0.25) is 0 Å². The van der Waals surface area contributed by atoms with E-state index in [0.29, 0.717) is 24.4 Å². The molecule has 5 nitrogen and oxygen atoms in total. The number of hydrogen-bond donors (Lipinski definition) is 1. The Morgan fingerprint density at radius 1 is 1.42 bits per heavy atom. The fourth-order valence-corrected chi connectivity index (χ4v) is 2.14. The van der Waals surface area contributed by atoms with E-state index in [9.17, 15) is 9.59 Å². The molecule has 0 saturated carbocycles. The molecule has 1 N–H and O–H groups in total. The Balaban J connectivity index is 1.98. The Morgan fingerprint density at radius 2 is 2.11 bits per heavy atom. The molecule has 0 aliphatic carbocycles. The van der Waals surface area contributed by atoms with Crippen molar-refractivity contribution in [3.63, 3.8) is 0 Å². The van der Waals surface area contributed by atoms with Gasteiger partial charge in [-0.1, -0.05) is 13.0 Å². The maximum absolute atomic E-state index is 12.2. The summed E-state index contributed by atoms with van der Waals surface area (Å²) in [5, 5.41) is 8.91. The van der Waals surface area contributed by atoms with Gasteiger partial charge < -0.3 is 14.7 Å². The standard InChI is InChI=1S/C14H17NO4/c1-9(14(17)18)11-7-15(8-11)13(16)10-4-3-5-12(6-10)19-2/h3-6,9,11H,7-8H2,1-2H3,(H,17,18). The first kappa shape index (κ1) is 13.4. The van der Waals surface area contributed by atoms with Gasteiger partial charge in [0, 0.05) is 24.6 Å². The second kappa shape index (κ2) is 5.30. The molecule has 0 aromatic heterocycles. The van der Waals surface area contributed by atoms with Gasteiger partial charge >= 0.3 is 5.97 Å². The summed E-state index contributed by atoms with van der Waals surface area (Å²) in [6.45, 7) is 2.69. The molecule has 1 unspecified atom stereocenters. The third kappa shape index (κ3) is 2.70. The highest BCUT2D eigenvalue weighted by Gasteiger charge is 2.37. The lowest BCUT2D eigenvalue weighted by atomic mass is 9.86. The van der Waals surface area contributed by atoms with Crippen LogP contribution in [-0.2, 0) is 4.79 Å². The van der Waals surface area contributed by atoms with Crippen LogP contribution in [0.2, 0.25) is 0 Å². The molecule has 102 valence electrons. The lowest BCUT2D eigenvalue weighted by Gasteiger charge is -2.41. The molecule has 19 heavy (non-hydrogen) atoms. The van der Waals surface area contributed by atoms with Crippen LogP contribution in [0.25, 0.3) is 0 Å². The van der Waals surface area contributed by atoms with E-state index in [1.165, 1.54) is 0 Å². The Hall–Kier alpha value is -2.04. The van der Waals surface area contributed by atoms with Crippen LogP contribution in [0.1, 0.15) is 17.3 Å². The van der Waals surface area contributed by atoms with Crippen molar-refractivity contribution in [1.82, 2.24) is 4.90 Å². The number of aliphatic carboxylic acids is 1. The summed E-state index contributed by atoms with van der Waals surface area (Å²) in [7, 11) is 1.55. The lowest BCUT2D eigenvalue weighted by molar-refractivity contribution is -0.144. The van der Waals surface area contributed by atoms with Crippen LogP contribution in [0.4, 0.5) is 0 Å². The molecule has 1 amide bonds. The Kier molecular flexibility index (Phi) is 3.74. The average molecular weight is 263 g/mol. The van der Waals surface area contributed by atoms with Crippen molar-refractivity contribution >= 4 is 11.9 Å². The third-order valence-electron chi connectivity index (χ3n) is 3.61. The van der Waals surface area contributed by atoms with E-state index < -0.39 is 11.9 Å². The van der Waals surface area contributed by atoms with Gasteiger partial charge in [-0.3, -0.25) is 9.59 Å². The summed E-state index contributed by atoms with van der Waals surface area (Å²) in [5.41, 5.74) is 0.570. The predicted octanol–water partition coefficient (Wildman–Crippen LogP) is 1.49. The highest BCUT2D eigenvalue weighted by atomic mass is 16.5. The van der Waals surface area contributed by atoms with Gasteiger partial charge in [-0.15, -0.1) is 0 Å². The monoisotopic (exact) mass is 263 g/mol. The zero-order valence-corrected chi connectivity index (χ0v) is 11.0. The Labute approximate surface area is 111 Å². The molecular formula is C14H17NO4. The number of rotatable bonds is 4. The number of amides is 1. The van der Waals surface area contributed by atoms with Crippen molar-refractivity contribution < 1.29 is 19.4 Å². The number of hydrogen-bond acceptors (Lipinski definition) is 3. The van der Waals surface area contributed by atoms with Crippen LogP contribution in [0.3, 0.4) is 0 Å². The number of benzene rings is 1. The first-order valence-corrected chi connectivity index (χ1v) is 6.19. The predicted molar refractivity (Wildman–Crippen MR) is 69.2 cm³/mol. The third-order valence-corrected chi connectivity index (χ3v) is 3.61. The van der Waals surface area contributed by atoms with Crippen molar-refractivity contribution in [2.75, 3.05) is 20.2 Å². The topological polar surface area (TPSA) is 66.8 Å². The largest absolute Gasteiger partial charge is 0.497 e. The van der Waals surface area contributed by atoms with Crippen LogP contribution >= 0.6 is 0 Å². The molecule has 1 aromatic rings. The molecule has 0 radical (unpaired) electrons. The van der Waals surface area contributed by atoms with Crippen LogP contribution in [0.15, 0.2) is 24.3 Å².